The minimum atomic E-state index is 0.310. The van der Waals surface area contributed by atoms with Crippen LogP contribution in [0.5, 0.6) is 0 Å². The summed E-state index contributed by atoms with van der Waals surface area (Å²) >= 11 is 0. The molecule has 0 saturated carbocycles. The van der Waals surface area contributed by atoms with Crippen molar-refractivity contribution in [2.24, 2.45) is 0 Å². The van der Waals surface area contributed by atoms with E-state index in [1.54, 1.807) is 0 Å². The van der Waals surface area contributed by atoms with E-state index in [0.29, 0.717) is 5.92 Å². The van der Waals surface area contributed by atoms with Gasteiger partial charge >= 0.3 is 0 Å². The molecule has 0 amide bonds. The lowest BCUT2D eigenvalue weighted by molar-refractivity contribution is 0.832. The molecule has 2 rings (SSSR count). The van der Waals surface area contributed by atoms with Crippen LogP contribution in [0.15, 0.2) is 42.7 Å². The molecule has 0 saturated heterocycles. The molecule has 0 aliphatic heterocycles. The predicted molar refractivity (Wildman–Crippen MR) is 65.4 cm³/mol. The minimum absolute atomic E-state index is 0.310. The largest absolute Gasteiger partial charge is 0.261 e. The summed E-state index contributed by atoms with van der Waals surface area (Å²) in [4.78, 5) is 8.82. The lowest BCUT2D eigenvalue weighted by Gasteiger charge is -2.14. The van der Waals surface area contributed by atoms with Crippen molar-refractivity contribution < 1.29 is 0 Å². The normalized spacial score (nSPS) is 12.4. The highest BCUT2D eigenvalue weighted by Crippen LogP contribution is 2.24. The predicted octanol–water partition coefficient (Wildman–Crippen LogP) is 3.19. The number of hydrogen-bond donors (Lipinski definition) is 0. The molecule has 0 bridgehead atoms. The smallest absolute Gasteiger partial charge is 0.0476 e. The molecular weight excluding hydrogens is 196 g/mol. The second kappa shape index (κ2) is 4.88. The monoisotopic (exact) mass is 212 g/mol. The van der Waals surface area contributed by atoms with Crippen LogP contribution < -0.4 is 0 Å². The summed E-state index contributed by atoms with van der Waals surface area (Å²) in [6, 6.07) is 10.2. The molecule has 16 heavy (non-hydrogen) atoms. The van der Waals surface area contributed by atoms with E-state index in [-0.39, 0.29) is 0 Å². The van der Waals surface area contributed by atoms with Gasteiger partial charge in [0, 0.05) is 29.7 Å². The molecule has 82 valence electrons. The number of rotatable bonds is 3. The van der Waals surface area contributed by atoms with E-state index in [0.717, 1.165) is 12.1 Å². The van der Waals surface area contributed by atoms with Crippen molar-refractivity contribution in [2.75, 3.05) is 0 Å². The quantitative estimate of drug-likeness (QED) is 0.780. The Bertz CT molecular complexity index is 451. The molecule has 0 aliphatic carbocycles. The van der Waals surface area contributed by atoms with Crippen molar-refractivity contribution in [3.63, 3.8) is 0 Å². The van der Waals surface area contributed by atoms with Gasteiger partial charge in [-0.05, 0) is 30.2 Å². The Hall–Kier alpha value is -1.70. The molecule has 0 aromatic carbocycles. The van der Waals surface area contributed by atoms with Crippen LogP contribution in [0.25, 0.3) is 0 Å². The van der Waals surface area contributed by atoms with E-state index >= 15 is 0 Å². The van der Waals surface area contributed by atoms with Gasteiger partial charge in [-0.25, -0.2) is 0 Å². The molecule has 2 heteroatoms. The maximum Gasteiger partial charge on any atom is 0.0476 e. The summed E-state index contributed by atoms with van der Waals surface area (Å²) in [7, 11) is 0. The Morgan fingerprint density at radius 1 is 1.06 bits per heavy atom. The molecule has 2 aromatic heterocycles. The van der Waals surface area contributed by atoms with Crippen molar-refractivity contribution in [3.8, 4) is 0 Å². The highest BCUT2D eigenvalue weighted by molar-refractivity contribution is 5.30. The molecule has 0 radical (unpaired) electrons. The molecule has 0 unspecified atom stereocenters. The van der Waals surface area contributed by atoms with Gasteiger partial charge in [0.25, 0.3) is 0 Å². The summed E-state index contributed by atoms with van der Waals surface area (Å²) in [5.41, 5.74) is 3.55. The van der Waals surface area contributed by atoms with Gasteiger partial charge in [0.15, 0.2) is 0 Å². The van der Waals surface area contributed by atoms with Gasteiger partial charge in [0.2, 0.25) is 0 Å². The SMILES string of the molecule is CCc1ncccc1[C@H](C)c1ccccn1. The fourth-order valence-corrected chi connectivity index (χ4v) is 1.93. The molecule has 2 aromatic rings. The van der Waals surface area contributed by atoms with E-state index < -0.39 is 0 Å². The first-order valence-corrected chi connectivity index (χ1v) is 5.67. The standard InChI is InChI=1S/C14H16N2/c1-3-13-12(7-6-10-15-13)11(2)14-8-4-5-9-16-14/h4-11H,3H2,1-2H3/t11-/m0/s1. The van der Waals surface area contributed by atoms with Crippen LogP contribution >= 0.6 is 0 Å². The first kappa shape index (κ1) is 10.8. The van der Waals surface area contributed by atoms with E-state index in [1.165, 1.54) is 11.3 Å². The molecular formula is C14H16N2. The number of nitrogens with zero attached hydrogens (tertiary/aromatic N) is 2. The van der Waals surface area contributed by atoms with Crippen molar-refractivity contribution in [2.45, 2.75) is 26.2 Å². The number of aryl methyl sites for hydroxylation is 1. The van der Waals surface area contributed by atoms with Crippen molar-refractivity contribution in [3.05, 3.63) is 59.7 Å². The van der Waals surface area contributed by atoms with Crippen molar-refractivity contribution >= 4 is 0 Å². The zero-order valence-electron chi connectivity index (χ0n) is 9.72. The van der Waals surface area contributed by atoms with Crippen LogP contribution in [0.2, 0.25) is 0 Å². The Kier molecular flexibility index (Phi) is 3.30. The third-order valence-electron chi connectivity index (χ3n) is 2.86. The summed E-state index contributed by atoms with van der Waals surface area (Å²) in [5.74, 6) is 0.310. The third-order valence-corrected chi connectivity index (χ3v) is 2.86. The first-order valence-electron chi connectivity index (χ1n) is 5.67. The zero-order valence-corrected chi connectivity index (χ0v) is 9.72. The Morgan fingerprint density at radius 2 is 1.88 bits per heavy atom. The Morgan fingerprint density at radius 3 is 2.56 bits per heavy atom. The number of pyridine rings is 2. The van der Waals surface area contributed by atoms with Gasteiger partial charge < -0.3 is 0 Å². The fourth-order valence-electron chi connectivity index (χ4n) is 1.93. The van der Waals surface area contributed by atoms with Crippen LogP contribution in [0.1, 0.15) is 36.7 Å². The van der Waals surface area contributed by atoms with Gasteiger partial charge in [-0.15, -0.1) is 0 Å². The van der Waals surface area contributed by atoms with Gasteiger partial charge in [0.05, 0.1) is 0 Å². The lowest BCUT2D eigenvalue weighted by atomic mass is 9.95. The number of hydrogen-bond acceptors (Lipinski definition) is 2. The molecule has 0 N–H and O–H groups in total. The van der Waals surface area contributed by atoms with Crippen LogP contribution in [-0.2, 0) is 6.42 Å². The zero-order chi connectivity index (χ0) is 11.4. The molecule has 0 fully saturated rings. The molecule has 1 atom stereocenters. The molecule has 0 spiro atoms. The highest BCUT2D eigenvalue weighted by Gasteiger charge is 2.12. The van der Waals surface area contributed by atoms with Gasteiger partial charge in [-0.2, -0.15) is 0 Å². The average molecular weight is 212 g/mol. The second-order valence-corrected chi connectivity index (χ2v) is 3.87. The van der Waals surface area contributed by atoms with Crippen LogP contribution in [-0.4, -0.2) is 9.97 Å². The van der Waals surface area contributed by atoms with Crippen LogP contribution in [0.3, 0.4) is 0 Å². The van der Waals surface area contributed by atoms with E-state index in [2.05, 4.69) is 35.9 Å². The first-order chi connectivity index (χ1) is 7.83. The maximum atomic E-state index is 4.42. The second-order valence-electron chi connectivity index (χ2n) is 3.87. The fraction of sp³-hybridized carbons (Fsp3) is 0.286. The van der Waals surface area contributed by atoms with Gasteiger partial charge in [-0.3, -0.25) is 9.97 Å². The summed E-state index contributed by atoms with van der Waals surface area (Å²) < 4.78 is 0. The Balaban J connectivity index is 2.37. The third kappa shape index (κ3) is 2.11. The molecule has 2 nitrogen and oxygen atoms in total. The highest BCUT2D eigenvalue weighted by atomic mass is 14.7. The van der Waals surface area contributed by atoms with Gasteiger partial charge in [0.1, 0.15) is 0 Å². The van der Waals surface area contributed by atoms with Crippen molar-refractivity contribution in [1.29, 1.82) is 0 Å². The lowest BCUT2D eigenvalue weighted by Crippen LogP contribution is -2.03. The average Bonchev–Trinajstić information content (AvgIpc) is 2.39. The van der Waals surface area contributed by atoms with E-state index in [1.807, 2.05) is 30.6 Å². The topological polar surface area (TPSA) is 25.8 Å². The van der Waals surface area contributed by atoms with Crippen molar-refractivity contribution in [1.82, 2.24) is 9.97 Å². The van der Waals surface area contributed by atoms with E-state index in [9.17, 15) is 0 Å². The summed E-state index contributed by atoms with van der Waals surface area (Å²) in [6.07, 6.45) is 4.66. The van der Waals surface area contributed by atoms with E-state index in [4.69, 9.17) is 0 Å². The summed E-state index contributed by atoms with van der Waals surface area (Å²) in [6.45, 7) is 4.31. The molecule has 0 aliphatic rings. The number of aromatic nitrogens is 2. The van der Waals surface area contributed by atoms with Gasteiger partial charge in [-0.1, -0.05) is 26.0 Å². The Labute approximate surface area is 96.4 Å². The van der Waals surface area contributed by atoms with Crippen LogP contribution in [0, 0.1) is 0 Å². The van der Waals surface area contributed by atoms with Crippen LogP contribution in [0.4, 0.5) is 0 Å². The minimum Gasteiger partial charge on any atom is -0.261 e. The summed E-state index contributed by atoms with van der Waals surface area (Å²) in [5, 5.41) is 0. The molecule has 2 heterocycles. The maximum absolute atomic E-state index is 4.42.